The molecule has 3 heterocycles. The molecule has 1 aromatic rings. The van der Waals surface area contributed by atoms with Crippen molar-refractivity contribution in [3.63, 3.8) is 0 Å². The third-order valence-corrected chi connectivity index (χ3v) is 6.59. The number of amides is 1. The summed E-state index contributed by atoms with van der Waals surface area (Å²) < 4.78 is 11.1. The number of carboxylic acids is 1. The Hall–Kier alpha value is -2.39. The summed E-state index contributed by atoms with van der Waals surface area (Å²) in [5.41, 5.74) is 2.45. The average Bonchev–Trinajstić information content (AvgIpc) is 3.26. The van der Waals surface area contributed by atoms with E-state index in [1.54, 1.807) is 0 Å². The first-order valence-corrected chi connectivity index (χ1v) is 11.8. The molecule has 1 saturated heterocycles. The Labute approximate surface area is 188 Å². The molecule has 32 heavy (non-hydrogen) atoms. The SMILES string of the molecule is O=C(N[C@@H](CCOC1CC(CCc2ccc3c(n2)NCCC3)C1)C(=O)O)OC1CCNC1. The first kappa shape index (κ1) is 22.8. The molecule has 1 saturated carbocycles. The maximum absolute atomic E-state index is 11.9. The lowest BCUT2D eigenvalue weighted by atomic mass is 9.79. The number of carboxylic acid groups (broad SMARTS) is 1. The Kier molecular flexibility index (Phi) is 7.81. The van der Waals surface area contributed by atoms with Crippen LogP contribution in [0.15, 0.2) is 12.1 Å². The molecule has 9 heteroatoms. The molecule has 4 N–H and O–H groups in total. The van der Waals surface area contributed by atoms with E-state index in [1.807, 2.05) is 0 Å². The van der Waals surface area contributed by atoms with Gasteiger partial charge in [0.25, 0.3) is 0 Å². The highest BCUT2D eigenvalue weighted by Gasteiger charge is 2.30. The highest BCUT2D eigenvalue weighted by atomic mass is 16.6. The van der Waals surface area contributed by atoms with Crippen LogP contribution >= 0.6 is 0 Å². The minimum absolute atomic E-state index is 0.170. The number of pyridine rings is 1. The molecule has 0 aromatic carbocycles. The number of aryl methyl sites for hydroxylation is 2. The van der Waals surface area contributed by atoms with Crippen molar-refractivity contribution in [2.45, 2.75) is 69.6 Å². The summed E-state index contributed by atoms with van der Waals surface area (Å²) in [7, 11) is 0. The monoisotopic (exact) mass is 446 g/mol. The number of carbonyl (C=O) groups excluding carboxylic acids is 1. The van der Waals surface area contributed by atoms with E-state index in [4.69, 9.17) is 14.5 Å². The second-order valence-electron chi connectivity index (χ2n) is 9.05. The highest BCUT2D eigenvalue weighted by molar-refractivity contribution is 5.79. The van der Waals surface area contributed by atoms with Crippen molar-refractivity contribution in [1.29, 1.82) is 0 Å². The van der Waals surface area contributed by atoms with E-state index < -0.39 is 18.1 Å². The van der Waals surface area contributed by atoms with Gasteiger partial charge in [0.2, 0.25) is 0 Å². The fraction of sp³-hybridized carbons (Fsp3) is 0.696. The van der Waals surface area contributed by atoms with Gasteiger partial charge in [-0.3, -0.25) is 0 Å². The second kappa shape index (κ2) is 11.0. The van der Waals surface area contributed by atoms with Crippen LogP contribution in [-0.4, -0.2) is 66.6 Å². The number of hydrogen-bond donors (Lipinski definition) is 4. The maximum atomic E-state index is 11.9. The van der Waals surface area contributed by atoms with Crippen molar-refractivity contribution in [2.24, 2.45) is 5.92 Å². The van der Waals surface area contributed by atoms with Gasteiger partial charge in [-0.2, -0.15) is 0 Å². The molecule has 2 aliphatic heterocycles. The van der Waals surface area contributed by atoms with E-state index >= 15 is 0 Å². The number of nitrogens with zero attached hydrogens (tertiary/aromatic N) is 1. The molecular weight excluding hydrogens is 412 g/mol. The largest absolute Gasteiger partial charge is 0.480 e. The number of nitrogens with one attached hydrogen (secondary N) is 3. The smallest absolute Gasteiger partial charge is 0.408 e. The summed E-state index contributed by atoms with van der Waals surface area (Å²) in [6.45, 7) is 2.72. The standard InChI is InChI=1S/C23H34N4O5/c28-22(29)20(27-23(30)32-18-7-10-24-14-18)8-11-31-19-12-15(13-19)3-5-17-6-4-16-2-1-9-25-21(16)26-17/h4,6,15,18-20,24H,1-3,5,7-14H2,(H,25,26)(H,27,30)(H,28,29)/t15?,18?,19?,20-/m0/s1. The fourth-order valence-corrected chi connectivity index (χ4v) is 4.57. The number of aliphatic carboxylic acids is 1. The number of aromatic nitrogens is 1. The van der Waals surface area contributed by atoms with Crippen molar-refractivity contribution in [3.05, 3.63) is 23.4 Å². The van der Waals surface area contributed by atoms with E-state index in [-0.39, 0.29) is 18.6 Å². The van der Waals surface area contributed by atoms with E-state index in [2.05, 4.69) is 28.1 Å². The predicted molar refractivity (Wildman–Crippen MR) is 119 cm³/mol. The van der Waals surface area contributed by atoms with Gasteiger partial charge in [-0.15, -0.1) is 0 Å². The van der Waals surface area contributed by atoms with Crippen LogP contribution in [0.1, 0.15) is 49.8 Å². The maximum Gasteiger partial charge on any atom is 0.408 e. The van der Waals surface area contributed by atoms with Crippen molar-refractivity contribution in [3.8, 4) is 0 Å². The number of alkyl carbamates (subject to hydrolysis) is 1. The Bertz CT molecular complexity index is 793. The van der Waals surface area contributed by atoms with Crippen LogP contribution in [0.4, 0.5) is 10.6 Å². The van der Waals surface area contributed by atoms with Crippen LogP contribution in [-0.2, 0) is 27.1 Å². The van der Waals surface area contributed by atoms with Gasteiger partial charge in [-0.1, -0.05) is 6.07 Å². The Morgan fingerprint density at radius 3 is 2.91 bits per heavy atom. The van der Waals surface area contributed by atoms with Gasteiger partial charge in [0.15, 0.2) is 0 Å². The molecule has 2 atom stereocenters. The molecule has 0 bridgehead atoms. The fourth-order valence-electron chi connectivity index (χ4n) is 4.57. The zero-order chi connectivity index (χ0) is 22.3. The van der Waals surface area contributed by atoms with Crippen molar-refractivity contribution in [2.75, 3.05) is 31.6 Å². The molecule has 3 aliphatic rings. The Balaban J connectivity index is 1.10. The van der Waals surface area contributed by atoms with Crippen molar-refractivity contribution in [1.82, 2.24) is 15.6 Å². The summed E-state index contributed by atoms with van der Waals surface area (Å²) in [5, 5.41) is 18.3. The van der Waals surface area contributed by atoms with Crippen molar-refractivity contribution < 1.29 is 24.2 Å². The highest BCUT2D eigenvalue weighted by Crippen LogP contribution is 2.34. The van der Waals surface area contributed by atoms with Gasteiger partial charge in [-0.25, -0.2) is 14.6 Å². The molecular formula is C23H34N4O5. The number of rotatable bonds is 10. The van der Waals surface area contributed by atoms with Crippen molar-refractivity contribution >= 4 is 17.9 Å². The summed E-state index contributed by atoms with van der Waals surface area (Å²) in [6, 6.07) is 3.34. The number of anilines is 1. The summed E-state index contributed by atoms with van der Waals surface area (Å²) in [6.07, 6.45) is 6.58. The quantitative estimate of drug-likeness (QED) is 0.431. The second-order valence-corrected chi connectivity index (χ2v) is 9.05. The van der Waals surface area contributed by atoms with Crippen LogP contribution in [0.2, 0.25) is 0 Å². The topological polar surface area (TPSA) is 122 Å². The Morgan fingerprint density at radius 2 is 2.12 bits per heavy atom. The average molecular weight is 447 g/mol. The molecule has 176 valence electrons. The van der Waals surface area contributed by atoms with E-state index in [0.717, 1.165) is 63.1 Å². The summed E-state index contributed by atoms with van der Waals surface area (Å²) in [4.78, 5) is 28.1. The lowest BCUT2D eigenvalue weighted by molar-refractivity contribution is -0.140. The Morgan fingerprint density at radius 1 is 1.25 bits per heavy atom. The third kappa shape index (κ3) is 6.32. The van der Waals surface area contributed by atoms with Crippen LogP contribution in [0, 0.1) is 5.92 Å². The zero-order valence-electron chi connectivity index (χ0n) is 18.5. The van der Waals surface area contributed by atoms with Gasteiger partial charge >= 0.3 is 12.1 Å². The van der Waals surface area contributed by atoms with Crippen LogP contribution in [0.25, 0.3) is 0 Å². The molecule has 1 amide bonds. The number of hydrogen-bond acceptors (Lipinski definition) is 7. The predicted octanol–water partition coefficient (Wildman–Crippen LogP) is 2.10. The third-order valence-electron chi connectivity index (χ3n) is 6.59. The van der Waals surface area contributed by atoms with Gasteiger partial charge in [0, 0.05) is 31.8 Å². The van der Waals surface area contributed by atoms with Gasteiger partial charge in [0.05, 0.1) is 6.10 Å². The molecule has 4 rings (SSSR count). The lowest BCUT2D eigenvalue weighted by Crippen LogP contribution is -2.43. The molecule has 2 fully saturated rings. The molecule has 1 unspecified atom stereocenters. The van der Waals surface area contributed by atoms with Gasteiger partial charge in [-0.05, 0) is 69.0 Å². The molecule has 0 radical (unpaired) electrons. The number of ether oxygens (including phenoxy) is 2. The molecule has 1 aromatic heterocycles. The molecule has 0 spiro atoms. The van der Waals surface area contributed by atoms with Crippen LogP contribution in [0.5, 0.6) is 0 Å². The lowest BCUT2D eigenvalue weighted by Gasteiger charge is -2.35. The minimum atomic E-state index is -1.08. The van der Waals surface area contributed by atoms with Gasteiger partial charge in [0.1, 0.15) is 18.0 Å². The van der Waals surface area contributed by atoms with E-state index in [1.165, 1.54) is 12.0 Å². The van der Waals surface area contributed by atoms with Crippen LogP contribution < -0.4 is 16.0 Å². The van der Waals surface area contributed by atoms with Crippen LogP contribution in [0.3, 0.4) is 0 Å². The van der Waals surface area contributed by atoms with E-state index in [0.29, 0.717) is 19.1 Å². The first-order valence-electron chi connectivity index (χ1n) is 11.8. The number of fused-ring (bicyclic) bond motifs is 1. The first-order chi connectivity index (χ1) is 15.6. The minimum Gasteiger partial charge on any atom is -0.480 e. The van der Waals surface area contributed by atoms with E-state index in [9.17, 15) is 14.7 Å². The zero-order valence-corrected chi connectivity index (χ0v) is 18.5. The summed E-state index contributed by atoms with van der Waals surface area (Å²) in [5.74, 6) is 0.594. The molecule has 9 nitrogen and oxygen atoms in total. The summed E-state index contributed by atoms with van der Waals surface area (Å²) >= 11 is 0. The van der Waals surface area contributed by atoms with Gasteiger partial charge < -0.3 is 30.5 Å². The molecule has 1 aliphatic carbocycles. The number of carbonyl (C=O) groups is 2. The normalized spacial score (nSPS) is 25.2.